The van der Waals surface area contributed by atoms with E-state index in [0.717, 1.165) is 47.7 Å². The third-order valence-corrected chi connectivity index (χ3v) is 5.21. The van der Waals surface area contributed by atoms with Gasteiger partial charge in [-0.05, 0) is 44.4 Å². The van der Waals surface area contributed by atoms with Crippen molar-refractivity contribution >= 4 is 33.2 Å². The molecule has 3 aromatic rings. The maximum absolute atomic E-state index is 5.86. The number of benzene rings is 1. The highest BCUT2D eigenvalue weighted by Gasteiger charge is 2.25. The fourth-order valence-electron chi connectivity index (χ4n) is 3.04. The zero-order chi connectivity index (χ0) is 15.6. The second-order valence-corrected chi connectivity index (χ2v) is 6.71. The molecule has 0 saturated carbocycles. The molecule has 4 nitrogen and oxygen atoms in total. The Balaban J connectivity index is 1.61. The van der Waals surface area contributed by atoms with Gasteiger partial charge < -0.3 is 10.1 Å². The van der Waals surface area contributed by atoms with E-state index in [1.54, 1.807) is 11.3 Å². The molecule has 0 bridgehead atoms. The average Bonchev–Trinajstić information content (AvgIpc) is 2.98. The Kier molecular flexibility index (Phi) is 3.97. The van der Waals surface area contributed by atoms with Crippen molar-refractivity contribution in [2.45, 2.75) is 32.3 Å². The Labute approximate surface area is 139 Å². The standard InChI is InChI=1S/C18H19N3OS/c1-2-22-15-9-5-8-14-17(15)23-18(20-14)21-16-11-10-12-6-3-4-7-13(12)19-16/h3-4,6-7,10-11,15H,2,5,8-9H2,1H3,(H,19,20,21). The van der Waals surface area contributed by atoms with Crippen LogP contribution in [0.3, 0.4) is 0 Å². The lowest BCUT2D eigenvalue weighted by atomic mass is 10.0. The van der Waals surface area contributed by atoms with Crippen LogP contribution in [0.25, 0.3) is 10.9 Å². The molecule has 2 heterocycles. The molecular weight excluding hydrogens is 306 g/mol. The molecule has 1 aliphatic rings. The molecule has 1 unspecified atom stereocenters. The topological polar surface area (TPSA) is 47.0 Å². The minimum absolute atomic E-state index is 0.210. The first-order valence-electron chi connectivity index (χ1n) is 8.07. The average molecular weight is 325 g/mol. The van der Waals surface area contributed by atoms with Crippen LogP contribution >= 0.6 is 11.3 Å². The summed E-state index contributed by atoms with van der Waals surface area (Å²) in [7, 11) is 0. The molecule has 23 heavy (non-hydrogen) atoms. The molecule has 1 aromatic carbocycles. The molecule has 118 valence electrons. The number of thiazole rings is 1. The zero-order valence-electron chi connectivity index (χ0n) is 13.1. The number of para-hydroxylation sites is 1. The van der Waals surface area contributed by atoms with Gasteiger partial charge in [-0.3, -0.25) is 0 Å². The van der Waals surface area contributed by atoms with Gasteiger partial charge in [-0.15, -0.1) is 0 Å². The van der Waals surface area contributed by atoms with Gasteiger partial charge in [-0.2, -0.15) is 0 Å². The predicted molar refractivity (Wildman–Crippen MR) is 94.4 cm³/mol. The summed E-state index contributed by atoms with van der Waals surface area (Å²) in [6, 6.07) is 12.2. The van der Waals surface area contributed by atoms with Crippen molar-refractivity contribution in [2.75, 3.05) is 11.9 Å². The summed E-state index contributed by atoms with van der Waals surface area (Å²) in [6.45, 7) is 2.80. The molecule has 0 radical (unpaired) electrons. The van der Waals surface area contributed by atoms with E-state index >= 15 is 0 Å². The number of fused-ring (bicyclic) bond motifs is 2. The van der Waals surface area contributed by atoms with Crippen LogP contribution in [-0.4, -0.2) is 16.6 Å². The van der Waals surface area contributed by atoms with E-state index in [1.165, 1.54) is 10.6 Å². The van der Waals surface area contributed by atoms with Crippen molar-refractivity contribution in [3.63, 3.8) is 0 Å². The molecule has 0 amide bonds. The van der Waals surface area contributed by atoms with Gasteiger partial charge in [0.2, 0.25) is 0 Å². The summed E-state index contributed by atoms with van der Waals surface area (Å²) in [5.41, 5.74) is 2.18. The highest BCUT2D eigenvalue weighted by molar-refractivity contribution is 7.15. The van der Waals surface area contributed by atoms with Crippen LogP contribution in [0, 0.1) is 0 Å². The first-order valence-corrected chi connectivity index (χ1v) is 8.89. The molecule has 1 N–H and O–H groups in total. The van der Waals surface area contributed by atoms with Gasteiger partial charge >= 0.3 is 0 Å². The summed E-state index contributed by atoms with van der Waals surface area (Å²) >= 11 is 1.70. The van der Waals surface area contributed by atoms with Crippen LogP contribution in [0.2, 0.25) is 0 Å². The number of rotatable bonds is 4. The minimum Gasteiger partial charge on any atom is -0.373 e. The molecule has 1 atom stereocenters. The third kappa shape index (κ3) is 2.94. The summed E-state index contributed by atoms with van der Waals surface area (Å²) in [4.78, 5) is 10.7. The monoisotopic (exact) mass is 325 g/mol. The number of pyridine rings is 1. The van der Waals surface area contributed by atoms with Gasteiger partial charge in [-0.1, -0.05) is 29.5 Å². The van der Waals surface area contributed by atoms with Crippen molar-refractivity contribution in [2.24, 2.45) is 0 Å². The number of hydrogen-bond acceptors (Lipinski definition) is 5. The Bertz CT molecular complexity index is 830. The summed E-state index contributed by atoms with van der Waals surface area (Å²) < 4.78 is 5.86. The summed E-state index contributed by atoms with van der Waals surface area (Å²) in [6.07, 6.45) is 3.50. The second kappa shape index (κ2) is 6.26. The van der Waals surface area contributed by atoms with E-state index in [2.05, 4.69) is 22.4 Å². The van der Waals surface area contributed by atoms with Crippen molar-refractivity contribution < 1.29 is 4.74 Å². The van der Waals surface area contributed by atoms with Gasteiger partial charge in [0.1, 0.15) is 5.82 Å². The minimum atomic E-state index is 0.210. The maximum Gasteiger partial charge on any atom is 0.188 e. The van der Waals surface area contributed by atoms with Gasteiger partial charge in [0.15, 0.2) is 5.13 Å². The van der Waals surface area contributed by atoms with Gasteiger partial charge in [-0.25, -0.2) is 9.97 Å². The van der Waals surface area contributed by atoms with Crippen LogP contribution in [0.4, 0.5) is 10.9 Å². The molecule has 0 aliphatic heterocycles. The Morgan fingerprint density at radius 3 is 3.04 bits per heavy atom. The van der Waals surface area contributed by atoms with Crippen molar-refractivity contribution in [3.05, 3.63) is 47.0 Å². The lowest BCUT2D eigenvalue weighted by molar-refractivity contribution is 0.0524. The van der Waals surface area contributed by atoms with E-state index < -0.39 is 0 Å². The van der Waals surface area contributed by atoms with E-state index in [0.29, 0.717) is 0 Å². The van der Waals surface area contributed by atoms with E-state index in [9.17, 15) is 0 Å². The van der Waals surface area contributed by atoms with E-state index in [4.69, 9.17) is 9.72 Å². The first kappa shape index (κ1) is 14.6. The van der Waals surface area contributed by atoms with Crippen LogP contribution in [-0.2, 0) is 11.2 Å². The predicted octanol–water partition coefficient (Wildman–Crippen LogP) is 4.85. The molecule has 1 aliphatic carbocycles. The highest BCUT2D eigenvalue weighted by atomic mass is 32.1. The van der Waals surface area contributed by atoms with Gasteiger partial charge in [0, 0.05) is 12.0 Å². The normalized spacial score (nSPS) is 17.2. The lowest BCUT2D eigenvalue weighted by Crippen LogP contribution is -2.10. The SMILES string of the molecule is CCOC1CCCc2nc(Nc3ccc4ccccc4n3)sc21. The summed E-state index contributed by atoms with van der Waals surface area (Å²) in [5.74, 6) is 0.836. The second-order valence-electron chi connectivity index (χ2n) is 5.68. The molecule has 5 heteroatoms. The Morgan fingerprint density at radius 2 is 2.13 bits per heavy atom. The molecule has 4 rings (SSSR count). The first-order chi connectivity index (χ1) is 11.3. The van der Waals surface area contributed by atoms with Gasteiger partial charge in [0.05, 0.1) is 22.2 Å². The Hall–Kier alpha value is -1.98. The van der Waals surface area contributed by atoms with Crippen molar-refractivity contribution in [1.29, 1.82) is 0 Å². The van der Waals surface area contributed by atoms with E-state index in [-0.39, 0.29) is 6.10 Å². The van der Waals surface area contributed by atoms with Crippen LogP contribution < -0.4 is 5.32 Å². The molecule has 0 spiro atoms. The van der Waals surface area contributed by atoms with Crippen molar-refractivity contribution in [3.8, 4) is 0 Å². The third-order valence-electron chi connectivity index (χ3n) is 4.10. The van der Waals surface area contributed by atoms with Crippen LogP contribution in [0.5, 0.6) is 0 Å². The lowest BCUT2D eigenvalue weighted by Gasteiger charge is -2.20. The summed E-state index contributed by atoms with van der Waals surface area (Å²) in [5, 5.41) is 5.41. The number of aryl methyl sites for hydroxylation is 1. The Morgan fingerprint density at radius 1 is 1.22 bits per heavy atom. The number of hydrogen-bond donors (Lipinski definition) is 1. The highest BCUT2D eigenvalue weighted by Crippen LogP contribution is 2.39. The molecule has 0 fully saturated rings. The van der Waals surface area contributed by atoms with Gasteiger partial charge in [0.25, 0.3) is 0 Å². The number of aromatic nitrogens is 2. The van der Waals surface area contributed by atoms with Crippen LogP contribution in [0.15, 0.2) is 36.4 Å². The number of nitrogens with one attached hydrogen (secondary N) is 1. The fourth-order valence-corrected chi connectivity index (χ4v) is 4.14. The molecule has 0 saturated heterocycles. The fraction of sp³-hybridized carbons (Fsp3) is 0.333. The molecular formula is C18H19N3OS. The number of anilines is 2. The zero-order valence-corrected chi connectivity index (χ0v) is 13.9. The number of ether oxygens (including phenoxy) is 1. The van der Waals surface area contributed by atoms with Crippen LogP contribution in [0.1, 0.15) is 36.4 Å². The van der Waals surface area contributed by atoms with Crippen molar-refractivity contribution in [1.82, 2.24) is 9.97 Å². The quantitative estimate of drug-likeness (QED) is 0.745. The smallest absolute Gasteiger partial charge is 0.188 e. The number of nitrogens with zero attached hydrogens (tertiary/aromatic N) is 2. The van der Waals surface area contributed by atoms with E-state index in [1.807, 2.05) is 31.2 Å². The maximum atomic E-state index is 5.86. The molecule has 2 aromatic heterocycles. The largest absolute Gasteiger partial charge is 0.373 e.